The highest BCUT2D eigenvalue weighted by molar-refractivity contribution is 5.94. The van der Waals surface area contributed by atoms with Crippen molar-refractivity contribution in [1.29, 1.82) is 0 Å². The highest BCUT2D eigenvalue weighted by Crippen LogP contribution is 2.11. The Morgan fingerprint density at radius 3 is 1.57 bits per heavy atom. The van der Waals surface area contributed by atoms with Crippen LogP contribution in [0.25, 0.3) is 0 Å². The molecule has 0 saturated heterocycles. The summed E-state index contributed by atoms with van der Waals surface area (Å²) in [5.41, 5.74) is 17.7. The lowest BCUT2D eigenvalue weighted by Crippen LogP contribution is -2.57. The Morgan fingerprint density at radius 2 is 1.10 bits per heavy atom. The van der Waals surface area contributed by atoms with Crippen LogP contribution in [0.5, 0.6) is 5.75 Å². The van der Waals surface area contributed by atoms with E-state index in [1.54, 1.807) is 42.5 Å². The zero-order chi connectivity index (χ0) is 31.2. The third-order valence-corrected chi connectivity index (χ3v) is 6.25. The summed E-state index contributed by atoms with van der Waals surface area (Å²) in [6.07, 6.45) is -1.07. The Kier molecular flexibility index (Phi) is 12.9. The maximum Gasteiger partial charge on any atom is 0.326 e. The molecule has 14 heteroatoms. The highest BCUT2D eigenvalue weighted by atomic mass is 16.4. The molecule has 4 unspecified atom stereocenters. The second-order valence-electron chi connectivity index (χ2n) is 9.70. The zero-order valence-electron chi connectivity index (χ0n) is 22.8. The van der Waals surface area contributed by atoms with E-state index >= 15 is 0 Å². The quantitative estimate of drug-likeness (QED) is 0.108. The number of phenols is 1. The van der Waals surface area contributed by atoms with E-state index in [0.29, 0.717) is 11.1 Å². The van der Waals surface area contributed by atoms with E-state index in [9.17, 15) is 39.0 Å². The minimum atomic E-state index is -1.40. The number of carbonyl (C=O) groups excluding carboxylic acids is 5. The molecule has 0 aliphatic carbocycles. The summed E-state index contributed by atoms with van der Waals surface area (Å²) >= 11 is 0. The standard InChI is InChI=1S/C28H36N6O8/c29-19(14-17-6-8-18(35)9-7-17)25(38)32-20(10-12-23(30)36)26(39)33-21(11-13-24(31)37)27(40)34-22(28(41)42)15-16-4-2-1-3-5-16/h1-9,19-22,35H,10-15,29H2,(H2,30,36)(H2,31,37)(H,32,38)(H,33,39)(H,34,40)(H,41,42). The van der Waals surface area contributed by atoms with Gasteiger partial charge in [0, 0.05) is 19.3 Å². The van der Waals surface area contributed by atoms with E-state index < -0.39 is 59.7 Å². The normalized spacial score (nSPS) is 13.5. The van der Waals surface area contributed by atoms with E-state index in [1.807, 2.05) is 0 Å². The van der Waals surface area contributed by atoms with Gasteiger partial charge in [0.25, 0.3) is 0 Å². The van der Waals surface area contributed by atoms with Crippen molar-refractivity contribution in [2.45, 2.75) is 62.7 Å². The average molecular weight is 585 g/mol. The number of rotatable bonds is 17. The Bertz CT molecular complexity index is 1250. The molecule has 0 spiro atoms. The summed E-state index contributed by atoms with van der Waals surface area (Å²) in [5.74, 6) is -5.31. The topological polar surface area (TPSA) is 257 Å². The minimum Gasteiger partial charge on any atom is -0.508 e. The van der Waals surface area contributed by atoms with Crippen LogP contribution in [0.1, 0.15) is 36.8 Å². The largest absolute Gasteiger partial charge is 0.508 e. The second-order valence-corrected chi connectivity index (χ2v) is 9.70. The van der Waals surface area contributed by atoms with Crippen LogP contribution in [0.2, 0.25) is 0 Å². The Morgan fingerprint density at radius 1 is 0.643 bits per heavy atom. The smallest absolute Gasteiger partial charge is 0.326 e. The summed E-state index contributed by atoms with van der Waals surface area (Å²) in [7, 11) is 0. The molecule has 2 aromatic rings. The number of hydrogen-bond acceptors (Lipinski definition) is 8. The van der Waals surface area contributed by atoms with Crippen LogP contribution in [-0.2, 0) is 41.6 Å². The molecule has 14 nitrogen and oxygen atoms in total. The fourth-order valence-corrected chi connectivity index (χ4v) is 3.96. The maximum absolute atomic E-state index is 13.2. The number of amides is 5. The van der Waals surface area contributed by atoms with Crippen molar-refractivity contribution in [2.24, 2.45) is 17.2 Å². The van der Waals surface area contributed by atoms with Crippen LogP contribution in [0.3, 0.4) is 0 Å². The molecule has 0 aromatic heterocycles. The highest BCUT2D eigenvalue weighted by Gasteiger charge is 2.31. The first-order chi connectivity index (χ1) is 19.8. The molecule has 0 aliphatic rings. The summed E-state index contributed by atoms with van der Waals surface area (Å²) in [6, 6.07) is 9.34. The van der Waals surface area contributed by atoms with Crippen LogP contribution >= 0.6 is 0 Å². The number of benzene rings is 2. The molecule has 0 heterocycles. The maximum atomic E-state index is 13.2. The number of carboxylic acid groups (broad SMARTS) is 1. The molecule has 11 N–H and O–H groups in total. The van der Waals surface area contributed by atoms with E-state index in [-0.39, 0.29) is 44.3 Å². The number of nitrogens with two attached hydrogens (primary N) is 3. The summed E-state index contributed by atoms with van der Waals surface area (Å²) in [4.78, 5) is 73.8. The monoisotopic (exact) mass is 584 g/mol. The lowest BCUT2D eigenvalue weighted by atomic mass is 10.0. The van der Waals surface area contributed by atoms with E-state index in [1.165, 1.54) is 12.1 Å². The van der Waals surface area contributed by atoms with Crippen molar-refractivity contribution < 1.29 is 39.0 Å². The Hall–Kier alpha value is -4.98. The number of phenolic OH excluding ortho intramolecular Hbond substituents is 1. The molecule has 0 aliphatic heterocycles. The Balaban J connectivity index is 2.17. The van der Waals surface area contributed by atoms with Gasteiger partial charge >= 0.3 is 5.97 Å². The van der Waals surface area contributed by atoms with Gasteiger partial charge in [-0.1, -0.05) is 42.5 Å². The van der Waals surface area contributed by atoms with Crippen molar-refractivity contribution in [2.75, 3.05) is 0 Å². The summed E-state index contributed by atoms with van der Waals surface area (Å²) < 4.78 is 0. The molecule has 0 fully saturated rings. The molecule has 0 bridgehead atoms. The molecule has 2 aromatic carbocycles. The van der Waals surface area contributed by atoms with Gasteiger partial charge in [-0.05, 0) is 42.5 Å². The minimum absolute atomic E-state index is 0.0321. The molecule has 2 rings (SSSR count). The number of nitrogens with one attached hydrogen (secondary N) is 3. The summed E-state index contributed by atoms with van der Waals surface area (Å²) in [5, 5.41) is 26.3. The van der Waals surface area contributed by atoms with Gasteiger partial charge in [-0.15, -0.1) is 0 Å². The lowest BCUT2D eigenvalue weighted by molar-refractivity contribution is -0.142. The van der Waals surface area contributed by atoms with Gasteiger partial charge < -0.3 is 43.4 Å². The van der Waals surface area contributed by atoms with Gasteiger partial charge in [-0.25, -0.2) is 4.79 Å². The molecule has 0 radical (unpaired) electrons. The van der Waals surface area contributed by atoms with Crippen molar-refractivity contribution in [3.8, 4) is 5.75 Å². The van der Waals surface area contributed by atoms with Gasteiger partial charge in [-0.2, -0.15) is 0 Å². The molecule has 0 saturated carbocycles. The summed E-state index contributed by atoms with van der Waals surface area (Å²) in [6.45, 7) is 0. The van der Waals surface area contributed by atoms with Crippen molar-refractivity contribution in [1.82, 2.24) is 16.0 Å². The molecular formula is C28H36N6O8. The second kappa shape index (κ2) is 16.3. The molecule has 226 valence electrons. The number of aliphatic carboxylic acids is 1. The number of carbonyl (C=O) groups is 6. The van der Waals surface area contributed by atoms with E-state index in [0.717, 1.165) is 0 Å². The van der Waals surface area contributed by atoms with Crippen LogP contribution in [-0.4, -0.2) is 69.9 Å². The van der Waals surface area contributed by atoms with Crippen molar-refractivity contribution in [3.63, 3.8) is 0 Å². The molecule has 5 amide bonds. The van der Waals surface area contributed by atoms with Crippen LogP contribution in [0.4, 0.5) is 0 Å². The number of primary amides is 2. The van der Waals surface area contributed by atoms with Crippen molar-refractivity contribution in [3.05, 3.63) is 65.7 Å². The lowest BCUT2D eigenvalue weighted by Gasteiger charge is -2.25. The van der Waals surface area contributed by atoms with Crippen molar-refractivity contribution >= 4 is 35.5 Å². The van der Waals surface area contributed by atoms with Gasteiger partial charge in [0.05, 0.1) is 6.04 Å². The van der Waals surface area contributed by atoms with Gasteiger partial charge in [-0.3, -0.25) is 24.0 Å². The zero-order valence-corrected chi connectivity index (χ0v) is 22.8. The number of hydrogen-bond donors (Lipinski definition) is 8. The van der Waals surface area contributed by atoms with E-state index in [2.05, 4.69) is 16.0 Å². The number of aromatic hydroxyl groups is 1. The third kappa shape index (κ3) is 11.6. The van der Waals surface area contributed by atoms with Gasteiger partial charge in [0.1, 0.15) is 23.9 Å². The fraction of sp³-hybridized carbons (Fsp3) is 0.357. The number of carboxylic acids is 1. The van der Waals surface area contributed by atoms with Gasteiger partial charge in [0.15, 0.2) is 0 Å². The molecule has 4 atom stereocenters. The first-order valence-corrected chi connectivity index (χ1v) is 13.1. The Labute approximate surface area is 242 Å². The average Bonchev–Trinajstić information content (AvgIpc) is 2.94. The first-order valence-electron chi connectivity index (χ1n) is 13.1. The molecular weight excluding hydrogens is 548 g/mol. The van der Waals surface area contributed by atoms with Crippen LogP contribution in [0, 0.1) is 0 Å². The first kappa shape index (κ1) is 33.2. The van der Waals surface area contributed by atoms with Crippen LogP contribution in [0.15, 0.2) is 54.6 Å². The predicted octanol–water partition coefficient (Wildman–Crippen LogP) is -1.43. The predicted molar refractivity (Wildman–Crippen MR) is 150 cm³/mol. The van der Waals surface area contributed by atoms with E-state index in [4.69, 9.17) is 17.2 Å². The van der Waals surface area contributed by atoms with Gasteiger partial charge in [0.2, 0.25) is 29.5 Å². The molecule has 42 heavy (non-hydrogen) atoms. The fourth-order valence-electron chi connectivity index (χ4n) is 3.96. The third-order valence-electron chi connectivity index (χ3n) is 6.25. The SMILES string of the molecule is NC(=O)CCC(NC(=O)C(N)Cc1ccc(O)cc1)C(=O)NC(CCC(N)=O)C(=O)NC(Cc1ccccc1)C(=O)O. The van der Waals surface area contributed by atoms with Crippen LogP contribution < -0.4 is 33.2 Å².